The molecule has 0 bridgehead atoms. The van der Waals surface area contributed by atoms with Gasteiger partial charge < -0.3 is 14.4 Å². The zero-order valence-corrected chi connectivity index (χ0v) is 18.0. The van der Waals surface area contributed by atoms with Crippen molar-refractivity contribution in [3.63, 3.8) is 0 Å². The van der Waals surface area contributed by atoms with Gasteiger partial charge in [0, 0.05) is 12.1 Å². The van der Waals surface area contributed by atoms with Gasteiger partial charge in [-0.15, -0.1) is 10.2 Å². The summed E-state index contributed by atoms with van der Waals surface area (Å²) in [4.78, 5) is 0. The van der Waals surface area contributed by atoms with Crippen molar-refractivity contribution < 1.29 is 19.0 Å². The fraction of sp³-hybridized carbons (Fsp3) is 0.0870. The van der Waals surface area contributed by atoms with Crippen molar-refractivity contribution >= 4 is 28.2 Å². The van der Waals surface area contributed by atoms with Crippen molar-refractivity contribution in [2.45, 2.75) is 11.8 Å². The van der Waals surface area contributed by atoms with E-state index in [1.54, 1.807) is 4.68 Å². The Morgan fingerprint density at radius 1 is 1.00 bits per heavy atom. The first-order valence-electron chi connectivity index (χ1n) is 10.2. The van der Waals surface area contributed by atoms with Gasteiger partial charge in [0.1, 0.15) is 18.1 Å². The Bertz CT molecular complexity index is 1490. The van der Waals surface area contributed by atoms with Crippen LogP contribution in [0.25, 0.3) is 16.5 Å². The summed E-state index contributed by atoms with van der Waals surface area (Å²) in [6, 6.07) is 23.3. The van der Waals surface area contributed by atoms with E-state index >= 15 is 0 Å². The van der Waals surface area contributed by atoms with Gasteiger partial charge in [-0.1, -0.05) is 60.3 Å². The van der Waals surface area contributed by atoms with Crippen LogP contribution in [0.15, 0.2) is 87.6 Å². The second-order valence-electron chi connectivity index (χ2n) is 7.30. The van der Waals surface area contributed by atoms with E-state index in [0.717, 1.165) is 16.5 Å². The fourth-order valence-electron chi connectivity index (χ4n) is 3.61. The van der Waals surface area contributed by atoms with Crippen LogP contribution in [-0.4, -0.2) is 31.6 Å². The number of aromatic nitrogens is 5. The first-order valence-corrected chi connectivity index (χ1v) is 11.2. The number of ether oxygens (including phenoxy) is 1. The van der Waals surface area contributed by atoms with Crippen LogP contribution in [0, 0.1) is 0 Å². The predicted molar refractivity (Wildman–Crippen MR) is 118 cm³/mol. The number of benzene rings is 3. The Kier molecular flexibility index (Phi) is 4.76. The first kappa shape index (κ1) is 19.5. The van der Waals surface area contributed by atoms with Crippen LogP contribution in [-0.2, 0) is 6.61 Å². The van der Waals surface area contributed by atoms with E-state index in [1.165, 1.54) is 16.4 Å². The van der Waals surface area contributed by atoms with Crippen molar-refractivity contribution in [3.8, 4) is 17.4 Å². The third-order valence-corrected chi connectivity index (χ3v) is 6.14. The van der Waals surface area contributed by atoms with Crippen molar-refractivity contribution in [2.75, 3.05) is 5.75 Å². The van der Waals surface area contributed by atoms with Crippen LogP contribution in [0.5, 0.6) is 11.7 Å². The highest BCUT2D eigenvalue weighted by molar-refractivity contribution is 7.99. The lowest BCUT2D eigenvalue weighted by molar-refractivity contribution is -0.671. The summed E-state index contributed by atoms with van der Waals surface area (Å²) in [6.07, 6.45) is 0. The molecule has 33 heavy (non-hydrogen) atoms. The smallest absolute Gasteiger partial charge is 0.287 e. The molecule has 0 radical (unpaired) electrons. The molecule has 6 rings (SSSR count). The maximum absolute atomic E-state index is 12.5. The standard InChI is InChI=1S/C23H16N6O3S/c30-22-21(28(27-32-22)17-8-2-1-3-9-17)19-14-33-23-25-24-20(29(23)26-19)13-31-18-11-10-15-6-4-5-7-16(15)12-18/h1-12H,13-14H2. The third kappa shape index (κ3) is 3.60. The van der Waals surface area contributed by atoms with E-state index in [0.29, 0.717) is 28.1 Å². The van der Waals surface area contributed by atoms with E-state index in [9.17, 15) is 5.11 Å². The summed E-state index contributed by atoms with van der Waals surface area (Å²) in [6.45, 7) is 0.176. The molecule has 0 spiro atoms. The van der Waals surface area contributed by atoms with Crippen molar-refractivity contribution in [3.05, 3.63) is 84.3 Å². The SMILES string of the molecule is [O-]c1on[n+](-c2ccccc2)c1C1=Nn2c(COc3ccc4ccccc4c3)nnc2SC1. The molecule has 1 aliphatic heterocycles. The topological polar surface area (TPSA) is 105 Å². The summed E-state index contributed by atoms with van der Waals surface area (Å²) in [7, 11) is 0. The largest absolute Gasteiger partial charge is 0.539 e. The Balaban J connectivity index is 1.30. The molecule has 0 fully saturated rings. The summed E-state index contributed by atoms with van der Waals surface area (Å²) in [5.41, 5.74) is 1.50. The molecule has 0 atom stereocenters. The van der Waals surface area contributed by atoms with Gasteiger partial charge in [-0.25, -0.2) is 0 Å². The molecular weight excluding hydrogens is 440 g/mol. The van der Waals surface area contributed by atoms with Crippen LogP contribution in [0.4, 0.5) is 0 Å². The minimum absolute atomic E-state index is 0.176. The molecule has 0 aliphatic carbocycles. The maximum atomic E-state index is 12.5. The van der Waals surface area contributed by atoms with Crippen molar-refractivity contribution in [1.29, 1.82) is 0 Å². The van der Waals surface area contributed by atoms with Crippen LogP contribution in [0.2, 0.25) is 0 Å². The lowest BCUT2D eigenvalue weighted by Gasteiger charge is -2.12. The van der Waals surface area contributed by atoms with E-state index in [4.69, 9.17) is 9.26 Å². The normalized spacial score (nSPS) is 13.0. The molecule has 0 amide bonds. The van der Waals surface area contributed by atoms with Gasteiger partial charge >= 0.3 is 0 Å². The second kappa shape index (κ2) is 8.06. The molecule has 9 nitrogen and oxygen atoms in total. The highest BCUT2D eigenvalue weighted by Crippen LogP contribution is 2.26. The average molecular weight is 456 g/mol. The van der Waals surface area contributed by atoms with Gasteiger partial charge in [0.2, 0.25) is 10.8 Å². The number of rotatable bonds is 5. The molecule has 1 aliphatic rings. The van der Waals surface area contributed by atoms with E-state index in [2.05, 4.69) is 26.6 Å². The van der Waals surface area contributed by atoms with Crippen LogP contribution >= 0.6 is 11.8 Å². The molecule has 0 saturated carbocycles. The third-order valence-electron chi connectivity index (χ3n) is 5.21. The molecular formula is C23H16N6O3S. The highest BCUT2D eigenvalue weighted by Gasteiger charge is 2.30. The van der Waals surface area contributed by atoms with Crippen molar-refractivity contribution in [2.24, 2.45) is 5.10 Å². The maximum Gasteiger partial charge on any atom is 0.287 e. The van der Waals surface area contributed by atoms with Gasteiger partial charge in [-0.3, -0.25) is 0 Å². The number of fused-ring (bicyclic) bond motifs is 2. The Morgan fingerprint density at radius 3 is 2.70 bits per heavy atom. The molecule has 162 valence electrons. The quantitative estimate of drug-likeness (QED) is 0.375. The number of hydrogen-bond donors (Lipinski definition) is 0. The molecule has 0 unspecified atom stereocenters. The molecule has 5 aromatic rings. The number of hydrogen-bond acceptors (Lipinski definition) is 8. The summed E-state index contributed by atoms with van der Waals surface area (Å²) in [5, 5.41) is 32.3. The lowest BCUT2D eigenvalue weighted by atomic mass is 10.1. The molecule has 0 saturated heterocycles. The minimum atomic E-state index is -0.552. The lowest BCUT2D eigenvalue weighted by Crippen LogP contribution is -2.40. The van der Waals surface area contributed by atoms with Gasteiger partial charge in [0.25, 0.3) is 5.69 Å². The van der Waals surface area contributed by atoms with E-state index < -0.39 is 5.95 Å². The molecule has 0 N–H and O–H groups in total. The molecule has 2 aromatic heterocycles. The van der Waals surface area contributed by atoms with Crippen LogP contribution in [0.1, 0.15) is 11.5 Å². The summed E-state index contributed by atoms with van der Waals surface area (Å²) in [5.74, 6) is 1.13. The molecule has 3 heterocycles. The Hall–Kier alpha value is -4.18. The molecule has 3 aromatic carbocycles. The Morgan fingerprint density at radius 2 is 1.82 bits per heavy atom. The predicted octanol–water partition coefficient (Wildman–Crippen LogP) is 2.71. The summed E-state index contributed by atoms with van der Waals surface area (Å²) < 4.78 is 14.0. The second-order valence-corrected chi connectivity index (χ2v) is 8.24. The van der Waals surface area contributed by atoms with E-state index in [-0.39, 0.29) is 12.3 Å². The monoisotopic (exact) mass is 456 g/mol. The van der Waals surface area contributed by atoms with E-state index in [1.807, 2.05) is 66.7 Å². The van der Waals surface area contributed by atoms with Crippen molar-refractivity contribution in [1.82, 2.24) is 20.1 Å². The van der Waals surface area contributed by atoms with Gasteiger partial charge in [0.15, 0.2) is 11.8 Å². The Labute approximate surface area is 191 Å². The number of nitrogens with zero attached hydrogens (tertiary/aromatic N) is 6. The van der Waals surface area contributed by atoms with Crippen LogP contribution in [0.3, 0.4) is 0 Å². The van der Waals surface area contributed by atoms with Gasteiger partial charge in [-0.05, 0) is 27.6 Å². The average Bonchev–Trinajstić information content (AvgIpc) is 3.46. The van der Waals surface area contributed by atoms with Crippen LogP contribution < -0.4 is 14.5 Å². The first-order chi connectivity index (χ1) is 16.3. The molecule has 10 heteroatoms. The van der Waals surface area contributed by atoms with Gasteiger partial charge in [-0.2, -0.15) is 9.78 Å². The zero-order chi connectivity index (χ0) is 22.2. The van der Waals surface area contributed by atoms with Gasteiger partial charge in [0.05, 0.1) is 11.0 Å². The number of thioether (sulfide) groups is 1. The zero-order valence-electron chi connectivity index (χ0n) is 17.2. The fourth-order valence-corrected chi connectivity index (χ4v) is 4.44. The summed E-state index contributed by atoms with van der Waals surface area (Å²) >= 11 is 1.43. The highest BCUT2D eigenvalue weighted by atomic mass is 32.2. The number of para-hydroxylation sites is 1. The minimum Gasteiger partial charge on any atom is -0.539 e.